The third-order valence-electron chi connectivity index (χ3n) is 10.9. The lowest BCUT2D eigenvalue weighted by atomic mass is 9.76. The number of H-pyrrole nitrogens is 1. The molecule has 1 atom stereocenters. The number of allylic oxidation sites excluding steroid dienone is 2. The molecule has 16 heteroatoms. The van der Waals surface area contributed by atoms with Crippen molar-refractivity contribution in [3.05, 3.63) is 101 Å². The molecule has 1 saturated heterocycles. The fraction of sp³-hybridized carbons (Fsp3) is 0.282. The number of methoxy groups -OCH3 is 1. The lowest BCUT2D eigenvalue weighted by molar-refractivity contribution is 0.0790. The minimum Gasteiger partial charge on any atom is -0.507 e. The van der Waals surface area contributed by atoms with Gasteiger partial charge in [-0.2, -0.15) is 0 Å². The quantitative estimate of drug-likeness (QED) is 0.0623. The highest BCUT2D eigenvalue weighted by atomic mass is 79.9. The molecule has 14 nitrogen and oxygen atoms in total. The molecule has 2 heterocycles. The summed E-state index contributed by atoms with van der Waals surface area (Å²) in [5.41, 5.74) is -3.94. The number of piperazine rings is 1. The van der Waals surface area contributed by atoms with Crippen molar-refractivity contribution >= 4 is 73.3 Å². The lowest BCUT2D eigenvalue weighted by Gasteiger charge is -2.36. The van der Waals surface area contributed by atoms with Crippen molar-refractivity contribution in [3.63, 3.8) is 0 Å². The fourth-order valence-corrected chi connectivity index (χ4v) is 9.17. The highest BCUT2D eigenvalue weighted by molar-refractivity contribution is 9.10. The van der Waals surface area contributed by atoms with E-state index in [9.17, 15) is 39.3 Å². The molecule has 1 aromatic heterocycles. The van der Waals surface area contributed by atoms with E-state index in [0.717, 1.165) is 58.0 Å². The molecule has 55 heavy (non-hydrogen) atoms. The first-order chi connectivity index (χ1) is 26.4. The zero-order valence-electron chi connectivity index (χ0n) is 29.2. The number of rotatable bonds is 8. The summed E-state index contributed by atoms with van der Waals surface area (Å²) < 4.78 is 5.29. The van der Waals surface area contributed by atoms with Crippen LogP contribution in [0.1, 0.15) is 71.1 Å². The van der Waals surface area contributed by atoms with Gasteiger partial charge in [0.05, 0.1) is 46.7 Å². The second-order valence-electron chi connectivity index (χ2n) is 13.8. The normalized spacial score (nSPS) is 19.4. The Kier molecular flexibility index (Phi) is 9.05. The van der Waals surface area contributed by atoms with Crippen molar-refractivity contribution in [2.24, 2.45) is 5.16 Å². The number of oxime groups is 1. The SMILES string of the molecule is COC1=CC(=O)c2c(O)c3c(c(O)c2C1=O)C(=O)[C@]1(CCc2c1c(O)c1c(=O)[nH]c(C=NOCCCN4CCN(c5cccc(Cl)c5)CC4)cc1c2Br)C3=O. The van der Waals surface area contributed by atoms with Gasteiger partial charge in [-0.05, 0) is 65.0 Å². The minimum absolute atomic E-state index is 0.0777. The predicted octanol–water partition coefficient (Wildman–Crippen LogP) is 4.80. The number of hydrogen-bond donors (Lipinski definition) is 4. The van der Waals surface area contributed by atoms with Gasteiger partial charge in [-0.1, -0.05) is 22.8 Å². The zero-order chi connectivity index (χ0) is 38.9. The number of Topliss-reactive ketones (excluding diaryl/α,β-unsaturated/α-hetero) is 3. The van der Waals surface area contributed by atoms with Gasteiger partial charge in [-0.25, -0.2) is 0 Å². The molecule has 1 aliphatic heterocycles. The number of nitrogens with one attached hydrogen (secondary N) is 1. The topological polar surface area (TPSA) is 199 Å². The number of hydrogen-bond acceptors (Lipinski definition) is 13. The van der Waals surface area contributed by atoms with Crippen LogP contribution < -0.4 is 10.5 Å². The number of anilines is 1. The lowest BCUT2D eigenvalue weighted by Crippen LogP contribution is -2.46. The molecule has 0 saturated carbocycles. The first kappa shape index (κ1) is 36.5. The molecule has 1 spiro atoms. The van der Waals surface area contributed by atoms with Crippen LogP contribution >= 0.6 is 27.5 Å². The summed E-state index contributed by atoms with van der Waals surface area (Å²) in [6, 6.07) is 9.39. The van der Waals surface area contributed by atoms with Gasteiger partial charge in [0.25, 0.3) is 5.56 Å². The van der Waals surface area contributed by atoms with E-state index in [4.69, 9.17) is 21.2 Å². The Morgan fingerprint density at radius 1 is 0.964 bits per heavy atom. The molecular formula is C39H32BrClN4O10. The van der Waals surface area contributed by atoms with Crippen molar-refractivity contribution in [3.8, 4) is 17.2 Å². The van der Waals surface area contributed by atoms with E-state index in [-0.39, 0.29) is 34.9 Å². The number of aromatic amines is 1. The number of fused-ring (bicyclic) bond motifs is 5. The van der Waals surface area contributed by atoms with Crippen LogP contribution in [0.4, 0.5) is 5.69 Å². The number of aromatic hydroxyl groups is 3. The monoisotopic (exact) mass is 830 g/mol. The Morgan fingerprint density at radius 2 is 1.67 bits per heavy atom. The summed E-state index contributed by atoms with van der Waals surface area (Å²) in [4.78, 5) is 80.9. The Labute approximate surface area is 325 Å². The van der Waals surface area contributed by atoms with E-state index in [0.29, 0.717) is 21.7 Å². The number of carbonyl (C=O) groups excluding carboxylic acids is 4. The Bertz CT molecular complexity index is 2520. The van der Waals surface area contributed by atoms with Crippen LogP contribution in [-0.4, -0.2) is 101 Å². The number of phenols is 3. The number of halogens is 2. The summed E-state index contributed by atoms with van der Waals surface area (Å²) in [6.45, 7) is 4.74. The van der Waals surface area contributed by atoms with Gasteiger partial charge in [0, 0.05) is 64.9 Å². The summed E-state index contributed by atoms with van der Waals surface area (Å²) in [6.07, 6.45) is 2.77. The van der Waals surface area contributed by atoms with Crippen molar-refractivity contribution in [1.29, 1.82) is 0 Å². The minimum atomic E-state index is -2.16. The fourth-order valence-electron chi connectivity index (χ4n) is 8.27. The molecule has 3 aliphatic carbocycles. The first-order valence-corrected chi connectivity index (χ1v) is 18.6. The van der Waals surface area contributed by atoms with Crippen molar-refractivity contribution in [1.82, 2.24) is 9.88 Å². The van der Waals surface area contributed by atoms with Gasteiger partial charge >= 0.3 is 0 Å². The van der Waals surface area contributed by atoms with Gasteiger partial charge in [-0.15, -0.1) is 0 Å². The number of aromatic nitrogens is 1. The van der Waals surface area contributed by atoms with Crippen LogP contribution in [0.3, 0.4) is 0 Å². The molecule has 4 N–H and O–H groups in total. The zero-order valence-corrected chi connectivity index (χ0v) is 31.5. The number of carbonyl (C=O) groups is 4. The number of ketones is 4. The first-order valence-electron chi connectivity index (χ1n) is 17.4. The highest BCUT2D eigenvalue weighted by Crippen LogP contribution is 2.58. The maximum Gasteiger partial charge on any atom is 0.260 e. The molecule has 8 rings (SSSR count). The van der Waals surface area contributed by atoms with Gasteiger partial charge in [0.2, 0.25) is 5.78 Å². The average Bonchev–Trinajstić information content (AvgIpc) is 3.68. The smallest absolute Gasteiger partial charge is 0.260 e. The van der Waals surface area contributed by atoms with Crippen LogP contribution in [0.5, 0.6) is 17.2 Å². The van der Waals surface area contributed by atoms with Crippen LogP contribution in [0.15, 0.2) is 56.6 Å². The van der Waals surface area contributed by atoms with Crippen molar-refractivity contribution in [2.45, 2.75) is 24.7 Å². The number of benzene rings is 3. The van der Waals surface area contributed by atoms with Gasteiger partial charge in [0.1, 0.15) is 29.3 Å². The molecule has 0 unspecified atom stereocenters. The van der Waals surface area contributed by atoms with E-state index in [1.165, 1.54) is 6.21 Å². The summed E-state index contributed by atoms with van der Waals surface area (Å²) in [5.74, 6) is -6.80. The number of phenolic OH excluding ortho intramolecular Hbond substituents is 3. The van der Waals surface area contributed by atoms with Crippen molar-refractivity contribution < 1.29 is 44.1 Å². The van der Waals surface area contributed by atoms with Crippen LogP contribution in [0.25, 0.3) is 10.8 Å². The van der Waals surface area contributed by atoms with Crippen LogP contribution in [-0.2, 0) is 21.4 Å². The van der Waals surface area contributed by atoms with E-state index >= 15 is 0 Å². The second-order valence-corrected chi connectivity index (χ2v) is 15.0. The molecule has 0 radical (unpaired) electrons. The number of ether oxygens (including phenoxy) is 1. The maximum absolute atomic E-state index is 14.3. The van der Waals surface area contributed by atoms with Gasteiger partial charge < -0.3 is 34.8 Å². The van der Waals surface area contributed by atoms with Crippen LogP contribution in [0, 0.1) is 0 Å². The third-order valence-corrected chi connectivity index (χ3v) is 12.0. The molecule has 0 bridgehead atoms. The Balaban J connectivity index is 1.01. The van der Waals surface area contributed by atoms with E-state index in [1.807, 2.05) is 18.2 Å². The second kappa shape index (κ2) is 13.7. The van der Waals surface area contributed by atoms with Gasteiger partial charge in [-0.3, -0.25) is 28.9 Å². The summed E-state index contributed by atoms with van der Waals surface area (Å²) in [7, 11) is 1.14. The van der Waals surface area contributed by atoms with Gasteiger partial charge in [0.15, 0.2) is 23.1 Å². The molecule has 4 aliphatic rings. The van der Waals surface area contributed by atoms with E-state index in [2.05, 4.69) is 41.9 Å². The summed E-state index contributed by atoms with van der Waals surface area (Å²) in [5, 5.41) is 39.0. The van der Waals surface area contributed by atoms with E-state index < -0.39 is 79.4 Å². The van der Waals surface area contributed by atoms with Crippen molar-refractivity contribution in [2.75, 3.05) is 51.3 Å². The molecule has 1 fully saturated rings. The standard InChI is InChI=1S/C39H32BrClN4O10/c1-54-24-16-23(46)26-27(32(24)47)34(49)29-28(33(26)48)36(51)39(37(29)52)7-6-21-30(39)35(50)25-22(31(21)40)15-19(43-38(25)53)17-42-55-13-3-8-44-9-11-45(12-10-44)20-5-2-4-18(41)14-20/h2,4-5,14-17,48-50H,3,6-13H2,1H3,(H,43,53)/t39-/m0/s1. The number of pyridine rings is 1. The molecule has 3 aromatic carbocycles. The van der Waals surface area contributed by atoms with Crippen LogP contribution in [0.2, 0.25) is 5.02 Å². The highest BCUT2D eigenvalue weighted by Gasteiger charge is 2.62. The van der Waals surface area contributed by atoms with E-state index in [1.54, 1.807) is 6.07 Å². The number of nitrogens with zero attached hydrogens (tertiary/aromatic N) is 3. The molecule has 282 valence electrons. The predicted molar refractivity (Wildman–Crippen MR) is 204 cm³/mol. The molecule has 4 aromatic rings. The summed E-state index contributed by atoms with van der Waals surface area (Å²) >= 11 is 9.67. The molecular weight excluding hydrogens is 800 g/mol. The average molecular weight is 832 g/mol. The third kappa shape index (κ3) is 5.54. The largest absolute Gasteiger partial charge is 0.507 e. The Morgan fingerprint density at radius 3 is 2.36 bits per heavy atom. The molecule has 0 amide bonds. The Hall–Kier alpha value is -5.51. The maximum atomic E-state index is 14.3.